The number of hydrogen-bond acceptors (Lipinski definition) is 4. The van der Waals surface area contributed by atoms with Gasteiger partial charge in [-0.05, 0) is 23.6 Å². The number of aliphatic imine (C=N–C) groups is 1. The fraction of sp³-hybridized carbons (Fsp3) is 0.158. The molecule has 0 saturated carbocycles. The molecule has 1 aliphatic heterocycles. The Labute approximate surface area is 147 Å². The quantitative estimate of drug-likeness (QED) is 0.720. The van der Waals surface area contributed by atoms with Crippen molar-refractivity contribution in [2.45, 2.75) is 6.18 Å². The Morgan fingerprint density at radius 2 is 1.88 bits per heavy atom. The van der Waals surface area contributed by atoms with Crippen LogP contribution in [0.4, 0.5) is 18.9 Å². The van der Waals surface area contributed by atoms with Gasteiger partial charge in [0.25, 0.3) is 0 Å². The summed E-state index contributed by atoms with van der Waals surface area (Å²) >= 11 is 0. The van der Waals surface area contributed by atoms with Crippen LogP contribution in [0, 0.1) is 0 Å². The lowest BCUT2D eigenvalue weighted by Crippen LogP contribution is -2.27. The topological polar surface area (TPSA) is 49.3 Å². The van der Waals surface area contributed by atoms with Gasteiger partial charge in [-0.1, -0.05) is 30.3 Å². The number of nitrogens with one attached hydrogen (secondary N) is 2. The number of pyridine rings is 1. The van der Waals surface area contributed by atoms with Crippen LogP contribution in [-0.2, 0) is 6.18 Å². The average molecular weight is 356 g/mol. The number of guanidine groups is 1. The van der Waals surface area contributed by atoms with Gasteiger partial charge in [-0.3, -0.25) is 9.98 Å². The monoisotopic (exact) mass is 356 g/mol. The molecular weight excluding hydrogens is 341 g/mol. The molecule has 4 rings (SSSR count). The van der Waals surface area contributed by atoms with Crippen molar-refractivity contribution in [1.29, 1.82) is 0 Å². The zero-order valence-corrected chi connectivity index (χ0v) is 13.6. The molecule has 0 bridgehead atoms. The summed E-state index contributed by atoms with van der Waals surface area (Å²) in [6.07, 6.45) is -2.81. The molecule has 0 spiro atoms. The van der Waals surface area contributed by atoms with Crippen molar-refractivity contribution in [2.75, 3.05) is 18.4 Å². The molecule has 0 saturated heterocycles. The number of halogens is 3. The minimum atomic E-state index is -4.47. The van der Waals surface area contributed by atoms with Crippen LogP contribution in [0.2, 0.25) is 0 Å². The van der Waals surface area contributed by atoms with Crippen LogP contribution in [-0.4, -0.2) is 24.0 Å². The molecule has 2 heterocycles. The highest BCUT2D eigenvalue weighted by Crippen LogP contribution is 2.38. The largest absolute Gasteiger partial charge is 0.418 e. The van der Waals surface area contributed by atoms with Crippen molar-refractivity contribution in [3.8, 4) is 11.3 Å². The molecule has 7 heteroatoms. The van der Waals surface area contributed by atoms with Crippen LogP contribution in [0.1, 0.15) is 5.56 Å². The molecule has 0 radical (unpaired) electrons. The lowest BCUT2D eigenvalue weighted by molar-refractivity contribution is -0.136. The number of alkyl halides is 3. The Kier molecular flexibility index (Phi) is 3.99. The molecule has 2 N–H and O–H groups in total. The first-order chi connectivity index (χ1) is 12.5. The lowest BCUT2D eigenvalue weighted by atomic mass is 10.0. The number of hydrogen-bond donors (Lipinski definition) is 2. The number of aromatic nitrogens is 1. The third-order valence-electron chi connectivity index (χ3n) is 4.20. The minimum Gasteiger partial charge on any atom is -0.354 e. The molecule has 1 aliphatic rings. The predicted octanol–water partition coefficient (Wildman–Crippen LogP) is 4.29. The van der Waals surface area contributed by atoms with Gasteiger partial charge in [0.1, 0.15) is 0 Å². The molecule has 4 nitrogen and oxygen atoms in total. The second kappa shape index (κ2) is 6.33. The first-order valence-electron chi connectivity index (χ1n) is 8.13. The van der Waals surface area contributed by atoms with Crippen molar-refractivity contribution in [3.05, 3.63) is 60.3 Å². The standard InChI is InChI=1S/C19H15F3N4/c20-19(21,22)15-6-5-13(11-16(15)26-18-24-9-10-25-18)17-14-4-2-1-3-12(14)7-8-23-17/h1-8,11H,9-10H2,(H2,24,25,26). The number of fused-ring (bicyclic) bond motifs is 1. The van der Waals surface area contributed by atoms with E-state index in [-0.39, 0.29) is 5.69 Å². The van der Waals surface area contributed by atoms with E-state index in [4.69, 9.17) is 0 Å². The molecule has 132 valence electrons. The van der Waals surface area contributed by atoms with Crippen LogP contribution in [0.3, 0.4) is 0 Å². The Bertz CT molecular complexity index is 990. The molecule has 0 atom stereocenters. The van der Waals surface area contributed by atoms with Crippen molar-refractivity contribution < 1.29 is 13.2 Å². The van der Waals surface area contributed by atoms with E-state index >= 15 is 0 Å². The van der Waals surface area contributed by atoms with Crippen molar-refractivity contribution >= 4 is 22.4 Å². The molecule has 3 aromatic rings. The molecule has 2 aromatic carbocycles. The highest BCUT2D eigenvalue weighted by molar-refractivity contribution is 5.98. The highest BCUT2D eigenvalue weighted by atomic mass is 19.4. The normalized spacial score (nSPS) is 14.2. The number of anilines is 1. The van der Waals surface area contributed by atoms with Gasteiger partial charge in [-0.15, -0.1) is 0 Å². The summed E-state index contributed by atoms with van der Waals surface area (Å²) in [4.78, 5) is 8.50. The molecule has 0 fully saturated rings. The first-order valence-corrected chi connectivity index (χ1v) is 8.13. The van der Waals surface area contributed by atoms with Gasteiger partial charge >= 0.3 is 6.18 Å². The average Bonchev–Trinajstić information content (AvgIpc) is 3.13. The van der Waals surface area contributed by atoms with E-state index in [1.807, 2.05) is 30.3 Å². The summed E-state index contributed by atoms with van der Waals surface area (Å²) < 4.78 is 40.2. The third kappa shape index (κ3) is 3.08. The highest BCUT2D eigenvalue weighted by Gasteiger charge is 2.34. The number of rotatable bonds is 2. The fourth-order valence-electron chi connectivity index (χ4n) is 3.00. The molecular formula is C19H15F3N4. The fourth-order valence-corrected chi connectivity index (χ4v) is 3.00. The van der Waals surface area contributed by atoms with Crippen LogP contribution in [0.5, 0.6) is 0 Å². The summed E-state index contributed by atoms with van der Waals surface area (Å²) in [6, 6.07) is 13.5. The Morgan fingerprint density at radius 3 is 2.65 bits per heavy atom. The van der Waals surface area contributed by atoms with Gasteiger partial charge in [0.2, 0.25) is 0 Å². The summed E-state index contributed by atoms with van der Waals surface area (Å²) in [6.45, 7) is 1.14. The minimum absolute atomic E-state index is 0.0436. The van der Waals surface area contributed by atoms with E-state index < -0.39 is 11.7 Å². The van der Waals surface area contributed by atoms with E-state index in [1.165, 1.54) is 12.1 Å². The molecule has 0 unspecified atom stereocenters. The maximum atomic E-state index is 13.4. The second-order valence-electron chi connectivity index (χ2n) is 5.92. The van der Waals surface area contributed by atoms with Gasteiger partial charge in [0.05, 0.1) is 23.5 Å². The van der Waals surface area contributed by atoms with Gasteiger partial charge in [-0.25, -0.2) is 0 Å². The maximum absolute atomic E-state index is 13.4. The van der Waals surface area contributed by atoms with Gasteiger partial charge < -0.3 is 10.6 Å². The van der Waals surface area contributed by atoms with Crippen molar-refractivity contribution in [3.63, 3.8) is 0 Å². The van der Waals surface area contributed by atoms with E-state index in [0.29, 0.717) is 30.3 Å². The molecule has 0 aliphatic carbocycles. The zero-order valence-electron chi connectivity index (χ0n) is 13.6. The third-order valence-corrected chi connectivity index (χ3v) is 4.20. The Morgan fingerprint density at radius 1 is 1.04 bits per heavy atom. The molecule has 26 heavy (non-hydrogen) atoms. The van der Waals surface area contributed by atoms with Crippen LogP contribution < -0.4 is 10.6 Å². The van der Waals surface area contributed by atoms with E-state index in [9.17, 15) is 13.2 Å². The van der Waals surface area contributed by atoms with Crippen LogP contribution >= 0.6 is 0 Å². The van der Waals surface area contributed by atoms with Crippen molar-refractivity contribution in [1.82, 2.24) is 10.3 Å². The summed E-state index contributed by atoms with van der Waals surface area (Å²) in [7, 11) is 0. The first kappa shape index (κ1) is 16.4. The summed E-state index contributed by atoms with van der Waals surface area (Å²) in [5.74, 6) is 0.346. The molecule has 1 aromatic heterocycles. The van der Waals surface area contributed by atoms with E-state index in [0.717, 1.165) is 16.8 Å². The zero-order chi connectivity index (χ0) is 18.1. The second-order valence-corrected chi connectivity index (χ2v) is 5.92. The summed E-state index contributed by atoms with van der Waals surface area (Å²) in [5, 5.41) is 7.56. The van der Waals surface area contributed by atoms with Gasteiger partial charge in [0, 0.05) is 23.7 Å². The summed E-state index contributed by atoms with van der Waals surface area (Å²) in [5.41, 5.74) is 0.466. The Hall–Kier alpha value is -3.09. The molecule has 0 amide bonds. The van der Waals surface area contributed by atoms with E-state index in [1.54, 1.807) is 6.20 Å². The SMILES string of the molecule is FC(F)(F)c1ccc(-c2nccc3ccccc23)cc1NC1=NCCN1. The smallest absolute Gasteiger partial charge is 0.354 e. The van der Waals surface area contributed by atoms with Gasteiger partial charge in [0.15, 0.2) is 5.96 Å². The van der Waals surface area contributed by atoms with Gasteiger partial charge in [-0.2, -0.15) is 13.2 Å². The van der Waals surface area contributed by atoms with Crippen LogP contribution in [0.15, 0.2) is 59.7 Å². The predicted molar refractivity (Wildman–Crippen MR) is 96.1 cm³/mol. The van der Waals surface area contributed by atoms with Crippen LogP contribution in [0.25, 0.3) is 22.0 Å². The van der Waals surface area contributed by atoms with Crippen molar-refractivity contribution in [2.24, 2.45) is 4.99 Å². The number of nitrogens with zero attached hydrogens (tertiary/aromatic N) is 2. The number of benzene rings is 2. The Balaban J connectivity index is 1.84. The van der Waals surface area contributed by atoms with E-state index in [2.05, 4.69) is 20.6 Å². The lowest BCUT2D eigenvalue weighted by Gasteiger charge is -2.16. The maximum Gasteiger partial charge on any atom is 0.418 e.